The highest BCUT2D eigenvalue weighted by molar-refractivity contribution is 5.97. The molecule has 1 atom stereocenters. The number of aromatic nitrogens is 2. The molecule has 4 aromatic rings. The van der Waals surface area contributed by atoms with Gasteiger partial charge in [0.2, 0.25) is 5.91 Å². The molecular weight excluding hydrogens is 505 g/mol. The van der Waals surface area contributed by atoms with Crippen molar-refractivity contribution in [2.45, 2.75) is 19.9 Å². The highest BCUT2D eigenvalue weighted by atomic mass is 19.1. The summed E-state index contributed by atoms with van der Waals surface area (Å²) >= 11 is 0. The summed E-state index contributed by atoms with van der Waals surface area (Å²) in [5, 5.41) is 8.83. The molecule has 1 aromatic heterocycles. The van der Waals surface area contributed by atoms with Gasteiger partial charge in [-0.2, -0.15) is 0 Å². The molecule has 2 heterocycles. The van der Waals surface area contributed by atoms with Gasteiger partial charge < -0.3 is 14.7 Å². The average Bonchev–Trinajstić information content (AvgIpc) is 3.00. The topological polar surface area (TPSA) is 69.6 Å². The summed E-state index contributed by atoms with van der Waals surface area (Å²) in [6.45, 7) is 5.93. The lowest BCUT2D eigenvalue weighted by atomic mass is 10.0. The van der Waals surface area contributed by atoms with E-state index >= 15 is 0 Å². The zero-order chi connectivity index (χ0) is 28.1. The lowest BCUT2D eigenvalue weighted by Crippen LogP contribution is -2.52. The minimum absolute atomic E-state index is 0.0458. The van der Waals surface area contributed by atoms with Gasteiger partial charge in [-0.15, -0.1) is 10.2 Å². The Morgan fingerprint density at radius 2 is 1.52 bits per heavy atom. The van der Waals surface area contributed by atoms with Gasteiger partial charge in [-0.1, -0.05) is 72.3 Å². The van der Waals surface area contributed by atoms with Crippen LogP contribution in [0.15, 0.2) is 91.0 Å². The summed E-state index contributed by atoms with van der Waals surface area (Å²) in [4.78, 5) is 32.2. The van der Waals surface area contributed by atoms with Gasteiger partial charge in [0, 0.05) is 31.7 Å². The molecule has 0 aliphatic carbocycles. The Hall–Kier alpha value is -4.59. The van der Waals surface area contributed by atoms with E-state index in [4.69, 9.17) is 0 Å². The molecule has 1 aliphatic rings. The zero-order valence-electron chi connectivity index (χ0n) is 22.7. The fourth-order valence-corrected chi connectivity index (χ4v) is 4.89. The summed E-state index contributed by atoms with van der Waals surface area (Å²) in [6.07, 6.45) is 0. The molecule has 1 saturated heterocycles. The largest absolute Gasteiger partial charge is 0.352 e. The summed E-state index contributed by atoms with van der Waals surface area (Å²) in [6, 6.07) is 27.0. The Balaban J connectivity index is 1.25. The normalized spacial score (nSPS) is 14.1. The molecule has 1 aliphatic heterocycles. The van der Waals surface area contributed by atoms with Crippen molar-refractivity contribution in [2.75, 3.05) is 37.6 Å². The first-order chi connectivity index (χ1) is 19.4. The number of anilines is 1. The number of hydrogen-bond acceptors (Lipinski definition) is 5. The van der Waals surface area contributed by atoms with Gasteiger partial charge in [-0.05, 0) is 43.7 Å². The van der Waals surface area contributed by atoms with Crippen LogP contribution in [0.3, 0.4) is 0 Å². The van der Waals surface area contributed by atoms with Crippen LogP contribution in [0.4, 0.5) is 10.2 Å². The van der Waals surface area contributed by atoms with E-state index in [2.05, 4.69) is 15.1 Å². The summed E-state index contributed by atoms with van der Waals surface area (Å²) < 4.78 is 14.5. The number of aryl methyl sites for hydroxylation is 1. The van der Waals surface area contributed by atoms with Crippen molar-refractivity contribution in [1.29, 1.82) is 0 Å². The molecule has 0 bridgehead atoms. The predicted octanol–water partition coefficient (Wildman–Crippen LogP) is 5.14. The van der Waals surface area contributed by atoms with Crippen LogP contribution in [0, 0.1) is 12.7 Å². The van der Waals surface area contributed by atoms with Crippen LogP contribution >= 0.6 is 0 Å². The minimum Gasteiger partial charge on any atom is -0.352 e. The molecule has 0 saturated carbocycles. The first-order valence-electron chi connectivity index (χ1n) is 13.4. The first kappa shape index (κ1) is 27.0. The number of piperazine rings is 1. The van der Waals surface area contributed by atoms with Gasteiger partial charge in [-0.3, -0.25) is 9.59 Å². The molecule has 7 nitrogen and oxygen atoms in total. The number of carbonyl (C=O) groups excluding carboxylic acids is 2. The average molecular weight is 538 g/mol. The van der Waals surface area contributed by atoms with Crippen molar-refractivity contribution >= 4 is 17.6 Å². The van der Waals surface area contributed by atoms with Crippen molar-refractivity contribution in [2.24, 2.45) is 0 Å². The van der Waals surface area contributed by atoms with E-state index in [-0.39, 0.29) is 18.0 Å². The van der Waals surface area contributed by atoms with E-state index in [0.717, 1.165) is 22.6 Å². The second-order valence-electron chi connectivity index (χ2n) is 10.0. The van der Waals surface area contributed by atoms with Crippen LogP contribution in [-0.2, 0) is 4.79 Å². The molecule has 204 valence electrons. The number of amides is 2. The summed E-state index contributed by atoms with van der Waals surface area (Å²) in [5.41, 5.74) is 3.84. The number of halogens is 1. The number of carbonyl (C=O) groups is 2. The SMILES string of the molecule is Cc1ccc(-c2ccc(N3CCN(C(=O)CN(C(=O)c4ccccc4F)[C@@H](C)c4ccccc4)CC3)nn2)cc1. The maximum Gasteiger partial charge on any atom is 0.257 e. The van der Waals surface area contributed by atoms with E-state index in [1.807, 2.05) is 80.6 Å². The predicted molar refractivity (Wildman–Crippen MR) is 153 cm³/mol. The van der Waals surface area contributed by atoms with Crippen molar-refractivity contribution in [3.8, 4) is 11.3 Å². The molecule has 8 heteroatoms. The van der Waals surface area contributed by atoms with E-state index in [1.54, 1.807) is 17.0 Å². The van der Waals surface area contributed by atoms with Crippen LogP contribution in [0.1, 0.15) is 34.5 Å². The zero-order valence-corrected chi connectivity index (χ0v) is 22.7. The highest BCUT2D eigenvalue weighted by Gasteiger charge is 2.30. The standard InChI is InChI=1S/C32H32FN5O2/c1-23-12-14-26(15-13-23)29-16-17-30(35-34-29)36-18-20-37(21-19-36)31(39)22-38(24(2)25-8-4-3-5-9-25)32(40)27-10-6-7-11-28(27)33/h3-17,24H,18-22H2,1-2H3/t24-/m0/s1. The molecule has 2 amide bonds. The summed E-state index contributed by atoms with van der Waals surface area (Å²) in [7, 11) is 0. The van der Waals surface area contributed by atoms with Crippen LogP contribution < -0.4 is 4.90 Å². The van der Waals surface area contributed by atoms with Gasteiger partial charge in [0.05, 0.1) is 17.3 Å². The fourth-order valence-electron chi connectivity index (χ4n) is 4.89. The Kier molecular flexibility index (Phi) is 8.15. The number of rotatable bonds is 7. The summed E-state index contributed by atoms with van der Waals surface area (Å²) in [5.74, 6) is -0.524. The van der Waals surface area contributed by atoms with E-state index < -0.39 is 17.8 Å². The molecule has 3 aromatic carbocycles. The number of nitrogens with zero attached hydrogens (tertiary/aromatic N) is 5. The molecule has 1 fully saturated rings. The lowest BCUT2D eigenvalue weighted by molar-refractivity contribution is -0.132. The second-order valence-corrected chi connectivity index (χ2v) is 10.0. The van der Waals surface area contributed by atoms with Crippen molar-refractivity contribution in [3.05, 3.63) is 114 Å². The van der Waals surface area contributed by atoms with E-state index in [0.29, 0.717) is 26.2 Å². The minimum atomic E-state index is -0.603. The Morgan fingerprint density at radius 3 is 2.17 bits per heavy atom. The van der Waals surface area contributed by atoms with Crippen LogP contribution in [-0.4, -0.2) is 64.5 Å². The Labute approximate surface area is 233 Å². The Morgan fingerprint density at radius 1 is 0.850 bits per heavy atom. The first-order valence-corrected chi connectivity index (χ1v) is 13.4. The molecule has 0 spiro atoms. The van der Waals surface area contributed by atoms with E-state index in [1.165, 1.54) is 22.6 Å². The highest BCUT2D eigenvalue weighted by Crippen LogP contribution is 2.24. The smallest absolute Gasteiger partial charge is 0.257 e. The quantitative estimate of drug-likeness (QED) is 0.326. The molecule has 40 heavy (non-hydrogen) atoms. The van der Waals surface area contributed by atoms with Gasteiger partial charge >= 0.3 is 0 Å². The maximum absolute atomic E-state index is 14.5. The fraction of sp³-hybridized carbons (Fsp3) is 0.250. The lowest BCUT2D eigenvalue weighted by Gasteiger charge is -2.37. The third kappa shape index (κ3) is 6.01. The molecular formula is C32H32FN5O2. The monoisotopic (exact) mass is 537 g/mol. The molecule has 5 rings (SSSR count). The van der Waals surface area contributed by atoms with Crippen molar-refractivity contribution < 1.29 is 14.0 Å². The van der Waals surface area contributed by atoms with Gasteiger partial charge in [0.1, 0.15) is 12.4 Å². The van der Waals surface area contributed by atoms with E-state index in [9.17, 15) is 14.0 Å². The number of hydrogen-bond donors (Lipinski definition) is 0. The third-order valence-electron chi connectivity index (χ3n) is 7.37. The van der Waals surface area contributed by atoms with Crippen LogP contribution in [0.5, 0.6) is 0 Å². The van der Waals surface area contributed by atoms with Gasteiger partial charge in [-0.25, -0.2) is 4.39 Å². The molecule has 0 N–H and O–H groups in total. The maximum atomic E-state index is 14.5. The van der Waals surface area contributed by atoms with Crippen molar-refractivity contribution in [1.82, 2.24) is 20.0 Å². The Bertz CT molecular complexity index is 1450. The van der Waals surface area contributed by atoms with Gasteiger partial charge in [0.25, 0.3) is 5.91 Å². The van der Waals surface area contributed by atoms with Crippen molar-refractivity contribution in [3.63, 3.8) is 0 Å². The third-order valence-corrected chi connectivity index (χ3v) is 7.37. The second kappa shape index (κ2) is 12.1. The van der Waals surface area contributed by atoms with Crippen LogP contribution in [0.25, 0.3) is 11.3 Å². The van der Waals surface area contributed by atoms with Gasteiger partial charge in [0.15, 0.2) is 5.82 Å². The molecule has 0 unspecified atom stereocenters. The molecule has 0 radical (unpaired) electrons. The number of benzene rings is 3. The van der Waals surface area contributed by atoms with Crippen LogP contribution in [0.2, 0.25) is 0 Å².